The maximum Gasteiger partial charge on any atom is 0.138 e. The van der Waals surface area contributed by atoms with Crippen LogP contribution in [0.4, 0.5) is 5.82 Å². The van der Waals surface area contributed by atoms with E-state index in [2.05, 4.69) is 43.4 Å². The maximum atomic E-state index is 5.42. The molecule has 0 atom stereocenters. The number of thiophene rings is 1. The molecule has 0 saturated heterocycles. The summed E-state index contributed by atoms with van der Waals surface area (Å²) >= 11 is 1.74. The van der Waals surface area contributed by atoms with Gasteiger partial charge in [-0.3, -0.25) is 0 Å². The highest BCUT2D eigenvalue weighted by Crippen LogP contribution is 2.33. The average molecular weight is 363 g/mol. The summed E-state index contributed by atoms with van der Waals surface area (Å²) in [5.41, 5.74) is 2.48. The van der Waals surface area contributed by atoms with Gasteiger partial charge in [0.25, 0.3) is 0 Å². The zero-order valence-electron chi connectivity index (χ0n) is 15.0. The van der Waals surface area contributed by atoms with Gasteiger partial charge in [-0.1, -0.05) is 30.3 Å². The van der Waals surface area contributed by atoms with Gasteiger partial charge in [-0.15, -0.1) is 11.3 Å². The van der Waals surface area contributed by atoms with Gasteiger partial charge in [0, 0.05) is 24.3 Å². The Morgan fingerprint density at radius 3 is 2.65 bits per heavy atom. The lowest BCUT2D eigenvalue weighted by Gasteiger charge is -2.09. The number of nitrogens with zero attached hydrogens (tertiary/aromatic N) is 2. The molecule has 0 saturated carbocycles. The van der Waals surface area contributed by atoms with Crippen molar-refractivity contribution in [3.63, 3.8) is 0 Å². The first-order valence-electron chi connectivity index (χ1n) is 8.77. The Kier molecular flexibility index (Phi) is 4.71. The fraction of sp³-hybridized carbons (Fsp3) is 0.238. The van der Waals surface area contributed by atoms with E-state index in [1.807, 2.05) is 18.2 Å². The average Bonchev–Trinajstić information content (AvgIpc) is 3.24. The van der Waals surface area contributed by atoms with E-state index in [1.54, 1.807) is 17.6 Å². The first-order valence-corrected chi connectivity index (χ1v) is 9.59. The van der Waals surface area contributed by atoms with Crippen LogP contribution in [0.15, 0.2) is 53.1 Å². The fourth-order valence-electron chi connectivity index (χ4n) is 3.04. The molecule has 4 rings (SSSR count). The van der Waals surface area contributed by atoms with Crippen molar-refractivity contribution in [2.24, 2.45) is 0 Å². The van der Waals surface area contributed by atoms with Crippen LogP contribution in [0.2, 0.25) is 0 Å². The number of rotatable bonds is 6. The lowest BCUT2D eigenvalue weighted by atomic mass is 10.1. The molecule has 132 valence electrons. The summed E-state index contributed by atoms with van der Waals surface area (Å²) in [6, 6.07) is 14.3. The van der Waals surface area contributed by atoms with Crippen molar-refractivity contribution < 1.29 is 4.42 Å². The van der Waals surface area contributed by atoms with Crippen LogP contribution >= 0.6 is 11.3 Å². The minimum absolute atomic E-state index is 0.736. The van der Waals surface area contributed by atoms with E-state index < -0.39 is 0 Å². The molecule has 0 radical (unpaired) electrons. The Labute approximate surface area is 156 Å². The van der Waals surface area contributed by atoms with Gasteiger partial charge in [0.15, 0.2) is 0 Å². The Balaban J connectivity index is 1.64. The zero-order valence-corrected chi connectivity index (χ0v) is 15.8. The largest absolute Gasteiger partial charge is 0.469 e. The van der Waals surface area contributed by atoms with Crippen molar-refractivity contribution in [2.45, 2.75) is 26.7 Å². The predicted molar refractivity (Wildman–Crippen MR) is 107 cm³/mol. The van der Waals surface area contributed by atoms with E-state index in [9.17, 15) is 0 Å². The number of hydrogen-bond acceptors (Lipinski definition) is 5. The quantitative estimate of drug-likeness (QED) is 0.515. The molecule has 0 aliphatic rings. The van der Waals surface area contributed by atoms with Crippen LogP contribution in [0.5, 0.6) is 0 Å². The summed E-state index contributed by atoms with van der Waals surface area (Å²) < 4.78 is 5.42. The molecule has 0 fully saturated rings. The smallest absolute Gasteiger partial charge is 0.138 e. The normalized spacial score (nSPS) is 11.2. The van der Waals surface area contributed by atoms with Gasteiger partial charge < -0.3 is 9.73 Å². The van der Waals surface area contributed by atoms with Gasteiger partial charge in [0.05, 0.1) is 11.6 Å². The van der Waals surface area contributed by atoms with Crippen molar-refractivity contribution in [2.75, 3.05) is 11.9 Å². The molecule has 0 bridgehead atoms. The van der Waals surface area contributed by atoms with E-state index in [0.717, 1.165) is 47.0 Å². The predicted octanol–water partition coefficient (Wildman–Crippen LogP) is 5.15. The second kappa shape index (κ2) is 7.30. The van der Waals surface area contributed by atoms with Gasteiger partial charge >= 0.3 is 0 Å². The van der Waals surface area contributed by atoms with Crippen LogP contribution in [-0.2, 0) is 12.8 Å². The topological polar surface area (TPSA) is 51.0 Å². The highest BCUT2D eigenvalue weighted by Gasteiger charge is 2.15. The Hall–Kier alpha value is -2.66. The summed E-state index contributed by atoms with van der Waals surface area (Å²) in [7, 11) is 0. The number of furan rings is 1. The van der Waals surface area contributed by atoms with Crippen molar-refractivity contribution in [1.82, 2.24) is 9.97 Å². The second-order valence-electron chi connectivity index (χ2n) is 6.37. The number of nitrogens with one attached hydrogen (secondary N) is 1. The molecule has 4 aromatic rings. The summed E-state index contributed by atoms with van der Waals surface area (Å²) in [4.78, 5) is 12.0. The Bertz CT molecular complexity index is 1010. The van der Waals surface area contributed by atoms with Gasteiger partial charge in [-0.25, -0.2) is 9.97 Å². The highest BCUT2D eigenvalue weighted by atomic mass is 32.1. The number of aryl methyl sites for hydroxylation is 2. The SMILES string of the molecule is Cc1sc2nc(Cc3ccccc3)nc(NCCc3ccco3)c2c1C. The minimum Gasteiger partial charge on any atom is -0.469 e. The summed E-state index contributed by atoms with van der Waals surface area (Å²) in [6.45, 7) is 5.07. The van der Waals surface area contributed by atoms with Gasteiger partial charge in [0.1, 0.15) is 22.2 Å². The minimum atomic E-state index is 0.736. The molecule has 4 nitrogen and oxygen atoms in total. The van der Waals surface area contributed by atoms with E-state index in [1.165, 1.54) is 16.0 Å². The van der Waals surface area contributed by atoms with E-state index in [4.69, 9.17) is 14.4 Å². The number of anilines is 1. The van der Waals surface area contributed by atoms with Crippen LogP contribution in [0, 0.1) is 13.8 Å². The molecular formula is C21H21N3OS. The summed E-state index contributed by atoms with van der Waals surface area (Å²) in [6.07, 6.45) is 3.27. The third-order valence-corrected chi connectivity index (χ3v) is 5.63. The second-order valence-corrected chi connectivity index (χ2v) is 7.57. The molecule has 1 aromatic carbocycles. The number of aromatic nitrogens is 2. The highest BCUT2D eigenvalue weighted by molar-refractivity contribution is 7.18. The molecule has 26 heavy (non-hydrogen) atoms. The molecule has 3 heterocycles. The van der Waals surface area contributed by atoms with Gasteiger partial charge in [-0.2, -0.15) is 0 Å². The van der Waals surface area contributed by atoms with Crippen LogP contribution in [0.1, 0.15) is 27.6 Å². The van der Waals surface area contributed by atoms with Crippen molar-refractivity contribution >= 4 is 27.4 Å². The number of benzene rings is 1. The third-order valence-electron chi connectivity index (χ3n) is 4.52. The zero-order chi connectivity index (χ0) is 17.9. The van der Waals surface area contributed by atoms with Crippen LogP contribution in [0.25, 0.3) is 10.2 Å². The molecule has 0 amide bonds. The Morgan fingerprint density at radius 2 is 1.88 bits per heavy atom. The van der Waals surface area contributed by atoms with Crippen LogP contribution < -0.4 is 5.32 Å². The third kappa shape index (κ3) is 3.48. The molecule has 0 unspecified atom stereocenters. The van der Waals surface area contributed by atoms with Crippen molar-refractivity contribution in [3.05, 3.63) is 76.3 Å². The number of fused-ring (bicyclic) bond motifs is 1. The lowest BCUT2D eigenvalue weighted by Crippen LogP contribution is -2.09. The van der Waals surface area contributed by atoms with Gasteiger partial charge in [-0.05, 0) is 37.1 Å². The first kappa shape index (κ1) is 16.8. The summed E-state index contributed by atoms with van der Waals surface area (Å²) in [5, 5.41) is 4.64. The molecular weight excluding hydrogens is 342 g/mol. The van der Waals surface area contributed by atoms with Crippen LogP contribution in [-0.4, -0.2) is 16.5 Å². The monoisotopic (exact) mass is 363 g/mol. The van der Waals surface area contributed by atoms with E-state index >= 15 is 0 Å². The first-order chi connectivity index (χ1) is 12.7. The molecule has 3 aromatic heterocycles. The van der Waals surface area contributed by atoms with Crippen molar-refractivity contribution in [3.8, 4) is 0 Å². The van der Waals surface area contributed by atoms with E-state index in [-0.39, 0.29) is 0 Å². The lowest BCUT2D eigenvalue weighted by molar-refractivity contribution is 0.513. The molecule has 1 N–H and O–H groups in total. The maximum absolute atomic E-state index is 5.42. The number of hydrogen-bond donors (Lipinski definition) is 1. The molecule has 0 aliphatic carbocycles. The fourth-order valence-corrected chi connectivity index (χ4v) is 4.09. The Morgan fingerprint density at radius 1 is 1.04 bits per heavy atom. The van der Waals surface area contributed by atoms with Gasteiger partial charge in [0.2, 0.25) is 0 Å². The summed E-state index contributed by atoms with van der Waals surface area (Å²) in [5.74, 6) is 2.75. The van der Waals surface area contributed by atoms with E-state index in [0.29, 0.717) is 0 Å². The standard InChI is InChI=1S/C21H21N3OS/c1-14-15(2)26-21-19(14)20(22-11-10-17-9-6-12-25-17)23-18(24-21)13-16-7-4-3-5-8-16/h3-9,12H,10-11,13H2,1-2H3,(H,22,23,24). The molecule has 0 spiro atoms. The molecule has 0 aliphatic heterocycles. The van der Waals surface area contributed by atoms with Crippen molar-refractivity contribution in [1.29, 1.82) is 0 Å². The molecule has 5 heteroatoms. The van der Waals surface area contributed by atoms with Crippen LogP contribution in [0.3, 0.4) is 0 Å².